The number of nitrogens with zero attached hydrogens (tertiary/aromatic N) is 5. The third-order valence-corrected chi connectivity index (χ3v) is 5.96. The quantitative estimate of drug-likeness (QED) is 0.284. The van der Waals surface area contributed by atoms with E-state index in [2.05, 4.69) is 20.5 Å². The molecule has 1 amide bonds. The molecular formula is C20H18N6O3S. The summed E-state index contributed by atoms with van der Waals surface area (Å²) in [5, 5.41) is 23.1. The molecule has 30 heavy (non-hydrogen) atoms. The number of fused-ring (bicyclic) bond motifs is 3. The van der Waals surface area contributed by atoms with Crippen molar-refractivity contribution < 1.29 is 9.72 Å². The molecule has 4 aromatic rings. The number of aromatic nitrogens is 4. The zero-order valence-corrected chi connectivity index (χ0v) is 17.1. The fourth-order valence-corrected chi connectivity index (χ4v) is 3.99. The number of para-hydroxylation sites is 1. The minimum Gasteiger partial charge on any atom is -0.327 e. The maximum absolute atomic E-state index is 12.7. The molecule has 0 unspecified atom stereocenters. The van der Waals surface area contributed by atoms with Crippen molar-refractivity contribution in [2.45, 2.75) is 23.8 Å². The van der Waals surface area contributed by atoms with E-state index in [1.807, 2.05) is 42.8 Å². The number of amides is 1. The summed E-state index contributed by atoms with van der Waals surface area (Å²) < 4.78 is 1.96. The molecule has 0 aliphatic rings. The molecule has 0 aliphatic carbocycles. The van der Waals surface area contributed by atoms with Crippen molar-refractivity contribution in [3.05, 3.63) is 58.6 Å². The lowest BCUT2D eigenvalue weighted by atomic mass is 10.2. The van der Waals surface area contributed by atoms with E-state index in [0.29, 0.717) is 22.9 Å². The van der Waals surface area contributed by atoms with Crippen LogP contribution in [-0.2, 0) is 11.8 Å². The van der Waals surface area contributed by atoms with E-state index in [4.69, 9.17) is 0 Å². The van der Waals surface area contributed by atoms with E-state index >= 15 is 0 Å². The molecule has 0 saturated carbocycles. The van der Waals surface area contributed by atoms with Crippen LogP contribution in [0.15, 0.2) is 53.7 Å². The van der Waals surface area contributed by atoms with Gasteiger partial charge < -0.3 is 9.88 Å². The Labute approximate surface area is 175 Å². The van der Waals surface area contributed by atoms with Gasteiger partial charge in [0.1, 0.15) is 5.52 Å². The predicted molar refractivity (Wildman–Crippen MR) is 115 cm³/mol. The van der Waals surface area contributed by atoms with Gasteiger partial charge in [0.15, 0.2) is 5.65 Å². The van der Waals surface area contributed by atoms with Crippen LogP contribution >= 0.6 is 11.8 Å². The summed E-state index contributed by atoms with van der Waals surface area (Å²) in [5.41, 5.74) is 2.91. The van der Waals surface area contributed by atoms with Gasteiger partial charge in [0, 0.05) is 30.3 Å². The van der Waals surface area contributed by atoms with Crippen molar-refractivity contribution in [2.75, 3.05) is 5.32 Å². The van der Waals surface area contributed by atoms with Crippen LogP contribution in [0.2, 0.25) is 0 Å². The molecular weight excluding hydrogens is 404 g/mol. The number of thioether (sulfide) groups is 1. The van der Waals surface area contributed by atoms with E-state index in [1.165, 1.54) is 36.0 Å². The summed E-state index contributed by atoms with van der Waals surface area (Å²) in [6, 6.07) is 13.6. The third kappa shape index (κ3) is 3.69. The number of nitrogens with one attached hydrogen (secondary N) is 1. The Balaban J connectivity index is 1.54. The van der Waals surface area contributed by atoms with Gasteiger partial charge in [-0.1, -0.05) is 36.9 Å². The second-order valence-electron chi connectivity index (χ2n) is 6.65. The van der Waals surface area contributed by atoms with Crippen LogP contribution in [0.3, 0.4) is 0 Å². The topological polar surface area (TPSA) is 116 Å². The lowest BCUT2D eigenvalue weighted by molar-refractivity contribution is -0.384. The number of hydrogen-bond acceptors (Lipinski definition) is 7. The maximum atomic E-state index is 12.7. The number of carbonyl (C=O) groups excluding carboxylic acids is 1. The molecule has 2 heterocycles. The standard InChI is InChI=1S/C20H18N6O3S/c1-3-16(19(27)21-12-8-10-13(11-9-12)26(28)29)30-20-22-18-17(23-24-20)14-6-4-5-7-15(14)25(18)2/h4-11,16H,3H2,1-2H3,(H,21,27)/t16-/m0/s1. The van der Waals surface area contributed by atoms with Gasteiger partial charge in [0.05, 0.1) is 15.7 Å². The van der Waals surface area contributed by atoms with E-state index in [9.17, 15) is 14.9 Å². The molecule has 4 rings (SSSR count). The van der Waals surface area contributed by atoms with Crippen LogP contribution in [0.4, 0.5) is 11.4 Å². The fourth-order valence-electron chi connectivity index (χ4n) is 3.18. The molecule has 0 fully saturated rings. The second kappa shape index (κ2) is 8.07. The molecule has 0 spiro atoms. The highest BCUT2D eigenvalue weighted by Gasteiger charge is 2.21. The Hall–Kier alpha value is -3.53. The summed E-state index contributed by atoms with van der Waals surface area (Å²) in [5.74, 6) is -0.225. The number of nitro benzene ring substituents is 1. The Morgan fingerprint density at radius 1 is 1.20 bits per heavy atom. The number of rotatable bonds is 6. The molecule has 152 valence electrons. The van der Waals surface area contributed by atoms with Gasteiger partial charge in [-0.15, -0.1) is 10.2 Å². The summed E-state index contributed by atoms with van der Waals surface area (Å²) in [4.78, 5) is 27.6. The monoisotopic (exact) mass is 422 g/mol. The predicted octanol–water partition coefficient (Wildman–Crippen LogP) is 3.93. The summed E-state index contributed by atoms with van der Waals surface area (Å²) >= 11 is 1.24. The third-order valence-electron chi connectivity index (χ3n) is 4.74. The van der Waals surface area contributed by atoms with Crippen LogP contribution in [-0.4, -0.2) is 35.8 Å². The van der Waals surface area contributed by atoms with Crippen LogP contribution in [0.5, 0.6) is 0 Å². The van der Waals surface area contributed by atoms with Gasteiger partial charge in [-0.25, -0.2) is 4.98 Å². The normalized spacial score (nSPS) is 12.2. The lowest BCUT2D eigenvalue weighted by Gasteiger charge is -2.13. The van der Waals surface area contributed by atoms with Crippen LogP contribution in [0.1, 0.15) is 13.3 Å². The van der Waals surface area contributed by atoms with Crippen molar-refractivity contribution in [1.29, 1.82) is 0 Å². The zero-order valence-electron chi connectivity index (χ0n) is 16.3. The molecule has 1 N–H and O–H groups in total. The number of aryl methyl sites for hydroxylation is 1. The van der Waals surface area contributed by atoms with Crippen LogP contribution < -0.4 is 5.32 Å². The van der Waals surface area contributed by atoms with Crippen LogP contribution in [0.25, 0.3) is 22.1 Å². The van der Waals surface area contributed by atoms with Gasteiger partial charge in [-0.2, -0.15) is 0 Å². The minimum atomic E-state index is -0.482. The summed E-state index contributed by atoms with van der Waals surface area (Å²) in [6.45, 7) is 1.90. The molecule has 0 bridgehead atoms. The Bertz CT molecular complexity index is 1250. The minimum absolute atomic E-state index is 0.0304. The van der Waals surface area contributed by atoms with Crippen molar-refractivity contribution >= 4 is 51.1 Å². The van der Waals surface area contributed by atoms with Crippen molar-refractivity contribution in [1.82, 2.24) is 19.7 Å². The smallest absolute Gasteiger partial charge is 0.269 e. The first-order valence-corrected chi connectivity index (χ1v) is 10.2. The van der Waals surface area contributed by atoms with Gasteiger partial charge in [0.2, 0.25) is 11.1 Å². The summed E-state index contributed by atoms with van der Waals surface area (Å²) in [6.07, 6.45) is 0.556. The van der Waals surface area contributed by atoms with Crippen molar-refractivity contribution in [3.63, 3.8) is 0 Å². The Morgan fingerprint density at radius 2 is 1.93 bits per heavy atom. The van der Waals surface area contributed by atoms with Crippen LogP contribution in [0, 0.1) is 10.1 Å². The molecule has 0 aliphatic heterocycles. The molecule has 9 nitrogen and oxygen atoms in total. The highest BCUT2D eigenvalue weighted by Crippen LogP contribution is 2.28. The SMILES string of the molecule is CC[C@H](Sc1nnc2c3ccccc3n(C)c2n1)C(=O)Nc1ccc([N+](=O)[O-])cc1. The summed E-state index contributed by atoms with van der Waals surface area (Å²) in [7, 11) is 1.92. The highest BCUT2D eigenvalue weighted by molar-refractivity contribution is 8.00. The van der Waals surface area contributed by atoms with E-state index in [0.717, 1.165) is 16.4 Å². The number of benzene rings is 2. The number of nitro groups is 1. The van der Waals surface area contributed by atoms with Gasteiger partial charge in [-0.3, -0.25) is 14.9 Å². The highest BCUT2D eigenvalue weighted by atomic mass is 32.2. The average Bonchev–Trinajstić information content (AvgIpc) is 3.04. The second-order valence-corrected chi connectivity index (χ2v) is 7.82. The Morgan fingerprint density at radius 3 is 2.63 bits per heavy atom. The number of non-ortho nitro benzene ring substituents is 1. The number of anilines is 1. The lowest BCUT2D eigenvalue weighted by Crippen LogP contribution is -2.24. The van der Waals surface area contributed by atoms with Crippen molar-refractivity contribution in [3.8, 4) is 0 Å². The fraction of sp³-hybridized carbons (Fsp3) is 0.200. The first-order valence-electron chi connectivity index (χ1n) is 9.27. The van der Waals surface area contributed by atoms with Gasteiger partial charge in [0.25, 0.3) is 5.69 Å². The molecule has 2 aromatic carbocycles. The van der Waals surface area contributed by atoms with Crippen molar-refractivity contribution in [2.24, 2.45) is 7.05 Å². The Kier molecular flexibility index (Phi) is 5.32. The molecule has 2 aromatic heterocycles. The molecule has 1 atom stereocenters. The average molecular weight is 422 g/mol. The van der Waals surface area contributed by atoms with E-state index < -0.39 is 10.2 Å². The van der Waals surface area contributed by atoms with E-state index in [1.54, 1.807) is 0 Å². The first-order chi connectivity index (χ1) is 14.5. The number of carbonyl (C=O) groups is 1. The van der Waals surface area contributed by atoms with Gasteiger partial charge in [-0.05, 0) is 24.6 Å². The zero-order chi connectivity index (χ0) is 21.3. The maximum Gasteiger partial charge on any atom is 0.269 e. The van der Waals surface area contributed by atoms with E-state index in [-0.39, 0.29) is 11.6 Å². The first kappa shape index (κ1) is 19.8. The van der Waals surface area contributed by atoms with Gasteiger partial charge >= 0.3 is 0 Å². The molecule has 0 radical (unpaired) electrons. The molecule has 10 heteroatoms. The largest absolute Gasteiger partial charge is 0.327 e. The molecule has 0 saturated heterocycles. The number of hydrogen-bond donors (Lipinski definition) is 1.